The van der Waals surface area contributed by atoms with E-state index in [1.54, 1.807) is 42.6 Å². The van der Waals surface area contributed by atoms with Crippen LogP contribution >= 0.6 is 0 Å². The Morgan fingerprint density at radius 2 is 1.42 bits per heavy atom. The molecule has 3 heterocycles. The molecule has 5 rings (SSSR count). The maximum Gasteiger partial charge on any atom is 0.253 e. The number of nitrogens with zero attached hydrogens (tertiary/aromatic N) is 1. The summed E-state index contributed by atoms with van der Waals surface area (Å²) in [6.45, 7) is 0.620. The lowest BCUT2D eigenvalue weighted by molar-refractivity contribution is 0.0628. The Bertz CT molecular complexity index is 1130. The lowest BCUT2D eigenvalue weighted by Crippen LogP contribution is -2.46. The molecule has 8 nitrogen and oxygen atoms in total. The molecule has 168 valence electrons. The molecule has 2 amide bonds. The predicted molar refractivity (Wildman–Crippen MR) is 119 cm³/mol. The highest BCUT2D eigenvalue weighted by Gasteiger charge is 2.48. The molecule has 1 aromatic heterocycles. The number of ether oxygens (including phenoxy) is 3. The fraction of sp³-hybridized carbons (Fsp3) is 0.240. The van der Waals surface area contributed by atoms with Crippen LogP contribution in [0.3, 0.4) is 0 Å². The van der Waals surface area contributed by atoms with Crippen molar-refractivity contribution < 1.29 is 23.8 Å². The molecule has 2 saturated heterocycles. The number of amides is 2. The molecule has 33 heavy (non-hydrogen) atoms. The van der Waals surface area contributed by atoms with Gasteiger partial charge < -0.3 is 24.8 Å². The number of rotatable bonds is 6. The van der Waals surface area contributed by atoms with Crippen LogP contribution in [0.25, 0.3) is 0 Å². The monoisotopic (exact) mass is 445 g/mol. The number of aromatic nitrogens is 1. The van der Waals surface area contributed by atoms with Gasteiger partial charge in [-0.3, -0.25) is 14.6 Å². The Hall–Kier alpha value is -3.75. The third kappa shape index (κ3) is 4.72. The standard InChI is InChI=1S/C25H23N3O5/c29-24(16-6-4-10-19(12-16)33-18-8-2-1-3-9-18)27-20-14-31-23-21(15-32-22(20)23)28-25(30)17-7-5-11-26-13-17/h1-13,20-23H,14-15H2,(H,27,29)(H,28,30). The molecule has 0 bridgehead atoms. The molecule has 4 atom stereocenters. The number of benzene rings is 2. The molecule has 2 aromatic carbocycles. The van der Waals surface area contributed by atoms with Crippen molar-refractivity contribution in [2.75, 3.05) is 13.2 Å². The van der Waals surface area contributed by atoms with Gasteiger partial charge in [0.15, 0.2) is 0 Å². The first kappa shape index (κ1) is 21.1. The summed E-state index contributed by atoms with van der Waals surface area (Å²) in [5.74, 6) is 0.795. The zero-order chi connectivity index (χ0) is 22.6. The molecule has 0 aliphatic carbocycles. The zero-order valence-electron chi connectivity index (χ0n) is 17.7. The first-order chi connectivity index (χ1) is 16.2. The number of hydrogen-bond donors (Lipinski definition) is 2. The van der Waals surface area contributed by atoms with Crippen molar-refractivity contribution in [3.63, 3.8) is 0 Å². The first-order valence-corrected chi connectivity index (χ1v) is 10.8. The Kier molecular flexibility index (Phi) is 6.01. The van der Waals surface area contributed by atoms with Crippen molar-refractivity contribution in [3.8, 4) is 11.5 Å². The number of fused-ring (bicyclic) bond motifs is 1. The van der Waals surface area contributed by atoms with Gasteiger partial charge in [-0.2, -0.15) is 0 Å². The number of carbonyl (C=O) groups is 2. The summed E-state index contributed by atoms with van der Waals surface area (Å²) in [5, 5.41) is 5.94. The second-order valence-electron chi connectivity index (χ2n) is 7.94. The van der Waals surface area contributed by atoms with E-state index in [2.05, 4.69) is 15.6 Å². The predicted octanol–water partition coefficient (Wildman–Crippen LogP) is 2.57. The Balaban J connectivity index is 1.19. The molecular formula is C25H23N3O5. The number of pyridine rings is 1. The van der Waals surface area contributed by atoms with Crippen LogP contribution < -0.4 is 15.4 Å². The Morgan fingerprint density at radius 3 is 2.09 bits per heavy atom. The summed E-state index contributed by atoms with van der Waals surface area (Å²) in [6, 6.07) is 19.2. The van der Waals surface area contributed by atoms with Gasteiger partial charge in [0, 0.05) is 18.0 Å². The molecule has 0 radical (unpaired) electrons. The molecular weight excluding hydrogens is 422 g/mol. The normalized spacial score (nSPS) is 23.5. The summed E-state index contributed by atoms with van der Waals surface area (Å²) >= 11 is 0. The molecule has 2 fully saturated rings. The molecule has 2 N–H and O–H groups in total. The van der Waals surface area contributed by atoms with E-state index in [0.717, 1.165) is 0 Å². The van der Waals surface area contributed by atoms with Crippen LogP contribution in [0.4, 0.5) is 0 Å². The molecule has 0 spiro atoms. The average Bonchev–Trinajstić information content (AvgIpc) is 3.44. The van der Waals surface area contributed by atoms with Crippen LogP contribution in [-0.2, 0) is 9.47 Å². The molecule has 2 aliphatic heterocycles. The zero-order valence-corrected chi connectivity index (χ0v) is 17.7. The Morgan fingerprint density at radius 1 is 0.788 bits per heavy atom. The molecule has 4 unspecified atom stereocenters. The van der Waals surface area contributed by atoms with Gasteiger partial charge in [0.2, 0.25) is 0 Å². The van der Waals surface area contributed by atoms with Crippen molar-refractivity contribution in [1.29, 1.82) is 0 Å². The van der Waals surface area contributed by atoms with Crippen LogP contribution in [-0.4, -0.2) is 54.3 Å². The minimum atomic E-state index is -0.336. The van der Waals surface area contributed by atoms with Gasteiger partial charge in [-0.25, -0.2) is 0 Å². The lowest BCUT2D eigenvalue weighted by Gasteiger charge is -2.18. The topological polar surface area (TPSA) is 98.8 Å². The van der Waals surface area contributed by atoms with Crippen LogP contribution in [0.15, 0.2) is 79.1 Å². The van der Waals surface area contributed by atoms with E-state index in [1.165, 1.54) is 6.20 Å². The van der Waals surface area contributed by atoms with E-state index >= 15 is 0 Å². The summed E-state index contributed by atoms with van der Waals surface area (Å²) in [5.41, 5.74) is 0.952. The van der Waals surface area contributed by atoms with Gasteiger partial charge in [0.05, 0.1) is 30.9 Å². The summed E-state index contributed by atoms with van der Waals surface area (Å²) in [6.07, 6.45) is 2.46. The SMILES string of the molecule is O=C(NC1COC2C(NC(=O)c3cccc(Oc4ccccc4)c3)COC12)c1cccnc1. The van der Waals surface area contributed by atoms with E-state index in [0.29, 0.717) is 35.8 Å². The summed E-state index contributed by atoms with van der Waals surface area (Å²) < 4.78 is 17.6. The maximum atomic E-state index is 12.9. The number of para-hydroxylation sites is 1. The molecule has 8 heteroatoms. The average molecular weight is 445 g/mol. The minimum Gasteiger partial charge on any atom is -0.457 e. The van der Waals surface area contributed by atoms with Gasteiger partial charge in [-0.1, -0.05) is 24.3 Å². The quantitative estimate of drug-likeness (QED) is 0.605. The maximum absolute atomic E-state index is 12.9. The second kappa shape index (κ2) is 9.40. The first-order valence-electron chi connectivity index (χ1n) is 10.8. The van der Waals surface area contributed by atoms with E-state index in [4.69, 9.17) is 14.2 Å². The summed E-state index contributed by atoms with van der Waals surface area (Å²) in [4.78, 5) is 29.3. The minimum absolute atomic E-state index is 0.233. The summed E-state index contributed by atoms with van der Waals surface area (Å²) in [7, 11) is 0. The third-order valence-electron chi connectivity index (χ3n) is 5.69. The fourth-order valence-corrected chi connectivity index (χ4v) is 4.07. The number of nitrogens with one attached hydrogen (secondary N) is 2. The van der Waals surface area contributed by atoms with Gasteiger partial charge in [0.25, 0.3) is 11.8 Å². The lowest BCUT2D eigenvalue weighted by atomic mass is 10.1. The number of hydrogen-bond acceptors (Lipinski definition) is 6. The highest BCUT2D eigenvalue weighted by atomic mass is 16.6. The Labute approximate surface area is 190 Å². The third-order valence-corrected chi connectivity index (χ3v) is 5.69. The van der Waals surface area contributed by atoms with E-state index < -0.39 is 0 Å². The highest BCUT2D eigenvalue weighted by Crippen LogP contribution is 2.28. The number of carbonyl (C=O) groups excluding carboxylic acids is 2. The van der Waals surface area contributed by atoms with E-state index in [9.17, 15) is 9.59 Å². The molecule has 2 aliphatic rings. The second-order valence-corrected chi connectivity index (χ2v) is 7.94. The highest BCUT2D eigenvalue weighted by molar-refractivity contribution is 5.95. The largest absolute Gasteiger partial charge is 0.457 e. The van der Waals surface area contributed by atoms with Gasteiger partial charge in [-0.05, 0) is 42.5 Å². The van der Waals surface area contributed by atoms with E-state index in [1.807, 2.05) is 30.3 Å². The van der Waals surface area contributed by atoms with Crippen molar-refractivity contribution in [3.05, 3.63) is 90.3 Å². The molecule has 3 aromatic rings. The van der Waals surface area contributed by atoms with Crippen molar-refractivity contribution in [2.24, 2.45) is 0 Å². The molecule has 0 saturated carbocycles. The van der Waals surface area contributed by atoms with Gasteiger partial charge in [-0.15, -0.1) is 0 Å². The fourth-order valence-electron chi connectivity index (χ4n) is 4.07. The van der Waals surface area contributed by atoms with Gasteiger partial charge in [0.1, 0.15) is 23.7 Å². The van der Waals surface area contributed by atoms with Crippen molar-refractivity contribution in [2.45, 2.75) is 24.3 Å². The van der Waals surface area contributed by atoms with Gasteiger partial charge >= 0.3 is 0 Å². The smallest absolute Gasteiger partial charge is 0.253 e. The van der Waals surface area contributed by atoms with Crippen molar-refractivity contribution >= 4 is 11.8 Å². The van der Waals surface area contributed by atoms with Crippen LogP contribution in [0.1, 0.15) is 20.7 Å². The van der Waals surface area contributed by atoms with Crippen molar-refractivity contribution in [1.82, 2.24) is 15.6 Å². The van der Waals surface area contributed by atoms with Crippen LogP contribution in [0, 0.1) is 0 Å². The van der Waals surface area contributed by atoms with Crippen LogP contribution in [0.2, 0.25) is 0 Å². The van der Waals surface area contributed by atoms with E-state index in [-0.39, 0.29) is 36.1 Å². The van der Waals surface area contributed by atoms with Crippen LogP contribution in [0.5, 0.6) is 11.5 Å².